The molecule has 114 valence electrons. The number of hydrogen-bond acceptors (Lipinski definition) is 3. The first-order chi connectivity index (χ1) is 9.31. The number of pyridine rings is 1. The van der Waals surface area contributed by atoms with Crippen LogP contribution in [-0.2, 0) is 6.54 Å². The minimum absolute atomic E-state index is 0.0816. The zero-order valence-corrected chi connectivity index (χ0v) is 12.2. The van der Waals surface area contributed by atoms with Crippen molar-refractivity contribution in [2.24, 2.45) is 0 Å². The first-order valence-corrected chi connectivity index (χ1v) is 6.78. The number of anilines is 1. The molecule has 0 fully saturated rings. The largest absolute Gasteiger partial charge is 0.390 e. The van der Waals surface area contributed by atoms with E-state index in [9.17, 15) is 13.2 Å². The molecule has 0 atom stereocenters. The second-order valence-corrected chi connectivity index (χ2v) is 4.94. The van der Waals surface area contributed by atoms with Gasteiger partial charge >= 0.3 is 6.18 Å². The van der Waals surface area contributed by atoms with E-state index in [-0.39, 0.29) is 6.54 Å². The van der Waals surface area contributed by atoms with Gasteiger partial charge in [0.15, 0.2) is 0 Å². The van der Waals surface area contributed by atoms with E-state index in [1.54, 1.807) is 11.9 Å². The van der Waals surface area contributed by atoms with Gasteiger partial charge in [0, 0.05) is 25.8 Å². The van der Waals surface area contributed by atoms with Gasteiger partial charge in [-0.2, -0.15) is 13.2 Å². The lowest BCUT2D eigenvalue weighted by Crippen LogP contribution is -2.25. The fourth-order valence-electron chi connectivity index (χ4n) is 1.84. The summed E-state index contributed by atoms with van der Waals surface area (Å²) in [6.45, 7) is 5.48. The number of rotatable bonds is 7. The molecule has 0 aliphatic carbocycles. The minimum atomic E-state index is -4.14. The maximum Gasteiger partial charge on any atom is 0.390 e. The molecule has 1 heterocycles. The molecule has 1 N–H and O–H groups in total. The van der Waals surface area contributed by atoms with Gasteiger partial charge in [0.2, 0.25) is 0 Å². The third-order valence-electron chi connectivity index (χ3n) is 2.88. The van der Waals surface area contributed by atoms with Crippen LogP contribution in [0.15, 0.2) is 12.1 Å². The molecule has 0 amide bonds. The Kier molecular flexibility index (Phi) is 6.26. The quantitative estimate of drug-likeness (QED) is 0.781. The average molecular weight is 289 g/mol. The van der Waals surface area contributed by atoms with Crippen LogP contribution in [0.5, 0.6) is 0 Å². The highest BCUT2D eigenvalue weighted by molar-refractivity contribution is 5.41. The molecule has 1 aromatic rings. The maximum absolute atomic E-state index is 12.2. The molecular weight excluding hydrogens is 267 g/mol. The van der Waals surface area contributed by atoms with E-state index >= 15 is 0 Å². The standard InChI is InChI=1S/C14H22F3N3/c1-4-6-18-10-12-8-11(2)19-13(9-12)20(3)7-5-14(15,16)17/h8-9,18H,4-7,10H2,1-3H3. The average Bonchev–Trinajstić information content (AvgIpc) is 2.35. The lowest BCUT2D eigenvalue weighted by molar-refractivity contribution is -0.132. The summed E-state index contributed by atoms with van der Waals surface area (Å²) >= 11 is 0. The maximum atomic E-state index is 12.2. The molecule has 6 heteroatoms. The predicted molar refractivity (Wildman–Crippen MR) is 74.9 cm³/mol. The molecule has 0 saturated carbocycles. The smallest absolute Gasteiger partial charge is 0.359 e. The zero-order chi connectivity index (χ0) is 15.2. The topological polar surface area (TPSA) is 28.2 Å². The highest BCUT2D eigenvalue weighted by atomic mass is 19.4. The molecule has 0 bridgehead atoms. The summed E-state index contributed by atoms with van der Waals surface area (Å²) in [5.74, 6) is 0.586. The van der Waals surface area contributed by atoms with Crippen LogP contribution in [0.25, 0.3) is 0 Å². The predicted octanol–water partition coefficient (Wildman–Crippen LogP) is 3.28. The molecule has 3 nitrogen and oxygen atoms in total. The number of nitrogens with one attached hydrogen (secondary N) is 1. The minimum Gasteiger partial charge on any atom is -0.359 e. The van der Waals surface area contributed by atoms with Crippen molar-refractivity contribution in [1.29, 1.82) is 0 Å². The lowest BCUT2D eigenvalue weighted by atomic mass is 10.2. The first kappa shape index (κ1) is 16.8. The lowest BCUT2D eigenvalue weighted by Gasteiger charge is -2.20. The molecule has 0 spiro atoms. The normalized spacial score (nSPS) is 11.7. The Morgan fingerprint density at radius 2 is 2.00 bits per heavy atom. The molecule has 0 radical (unpaired) electrons. The van der Waals surface area contributed by atoms with Crippen molar-refractivity contribution >= 4 is 5.82 Å². The van der Waals surface area contributed by atoms with Gasteiger partial charge in [-0.1, -0.05) is 6.92 Å². The van der Waals surface area contributed by atoms with Crippen molar-refractivity contribution in [1.82, 2.24) is 10.3 Å². The summed E-state index contributed by atoms with van der Waals surface area (Å²) in [6, 6.07) is 3.79. The fraction of sp³-hybridized carbons (Fsp3) is 0.643. The van der Waals surface area contributed by atoms with Gasteiger partial charge in [-0.15, -0.1) is 0 Å². The van der Waals surface area contributed by atoms with Crippen LogP contribution >= 0.6 is 0 Å². The Morgan fingerprint density at radius 3 is 2.60 bits per heavy atom. The molecule has 0 saturated heterocycles. The van der Waals surface area contributed by atoms with Crippen LogP contribution in [0.2, 0.25) is 0 Å². The molecule has 0 unspecified atom stereocenters. The summed E-state index contributed by atoms with van der Waals surface area (Å²) in [6.07, 6.45) is -3.92. The Bertz CT molecular complexity index is 419. The Hall–Kier alpha value is -1.30. The summed E-state index contributed by atoms with van der Waals surface area (Å²) in [5.41, 5.74) is 1.86. The van der Waals surface area contributed by atoms with Crippen LogP contribution in [0, 0.1) is 6.92 Å². The van der Waals surface area contributed by atoms with E-state index < -0.39 is 12.6 Å². The molecular formula is C14H22F3N3. The number of hydrogen-bond donors (Lipinski definition) is 1. The van der Waals surface area contributed by atoms with Gasteiger partial charge in [-0.25, -0.2) is 4.98 Å². The van der Waals surface area contributed by atoms with E-state index in [1.165, 1.54) is 0 Å². The van der Waals surface area contributed by atoms with Crippen molar-refractivity contribution in [3.63, 3.8) is 0 Å². The first-order valence-electron chi connectivity index (χ1n) is 6.78. The van der Waals surface area contributed by atoms with E-state index in [2.05, 4.69) is 17.2 Å². The number of halogens is 3. The van der Waals surface area contributed by atoms with Crippen LogP contribution < -0.4 is 10.2 Å². The molecule has 0 aliphatic heterocycles. The van der Waals surface area contributed by atoms with Crippen LogP contribution in [0.4, 0.5) is 19.0 Å². The summed E-state index contributed by atoms with van der Waals surface area (Å²) in [4.78, 5) is 5.84. The fourth-order valence-corrected chi connectivity index (χ4v) is 1.84. The van der Waals surface area contributed by atoms with Gasteiger partial charge in [-0.3, -0.25) is 0 Å². The van der Waals surface area contributed by atoms with E-state index in [0.717, 1.165) is 24.2 Å². The monoisotopic (exact) mass is 289 g/mol. The van der Waals surface area contributed by atoms with Crippen molar-refractivity contribution in [2.45, 2.75) is 39.4 Å². The second-order valence-electron chi connectivity index (χ2n) is 4.94. The van der Waals surface area contributed by atoms with E-state index in [4.69, 9.17) is 0 Å². The van der Waals surface area contributed by atoms with Gasteiger partial charge in [0.1, 0.15) is 5.82 Å². The van der Waals surface area contributed by atoms with Crippen molar-refractivity contribution < 1.29 is 13.2 Å². The van der Waals surface area contributed by atoms with Gasteiger partial charge in [-0.05, 0) is 37.6 Å². The molecule has 1 rings (SSSR count). The van der Waals surface area contributed by atoms with Crippen LogP contribution in [0.3, 0.4) is 0 Å². The molecule has 20 heavy (non-hydrogen) atoms. The number of aromatic nitrogens is 1. The SMILES string of the molecule is CCCNCc1cc(C)nc(N(C)CCC(F)(F)F)c1. The van der Waals surface area contributed by atoms with Gasteiger partial charge in [0.05, 0.1) is 6.42 Å². The third-order valence-corrected chi connectivity index (χ3v) is 2.88. The van der Waals surface area contributed by atoms with E-state index in [1.807, 2.05) is 19.1 Å². The Balaban J connectivity index is 2.68. The summed E-state index contributed by atoms with van der Waals surface area (Å²) < 4.78 is 36.7. The van der Waals surface area contributed by atoms with Crippen molar-refractivity contribution in [3.8, 4) is 0 Å². The zero-order valence-electron chi connectivity index (χ0n) is 12.2. The van der Waals surface area contributed by atoms with E-state index in [0.29, 0.717) is 12.4 Å². The number of aryl methyl sites for hydroxylation is 1. The highest BCUT2D eigenvalue weighted by Gasteiger charge is 2.27. The number of nitrogens with zero attached hydrogens (tertiary/aromatic N) is 2. The molecule has 0 aromatic carbocycles. The Morgan fingerprint density at radius 1 is 1.30 bits per heavy atom. The summed E-state index contributed by atoms with van der Waals surface area (Å²) in [7, 11) is 1.64. The van der Waals surface area contributed by atoms with Crippen molar-refractivity contribution in [3.05, 3.63) is 23.4 Å². The molecule has 1 aromatic heterocycles. The second kappa shape index (κ2) is 7.47. The number of alkyl halides is 3. The van der Waals surface area contributed by atoms with Crippen LogP contribution in [-0.4, -0.2) is 31.3 Å². The Labute approximate surface area is 118 Å². The highest BCUT2D eigenvalue weighted by Crippen LogP contribution is 2.21. The summed E-state index contributed by atoms with van der Waals surface area (Å²) in [5, 5.41) is 3.27. The van der Waals surface area contributed by atoms with Crippen molar-refractivity contribution in [2.75, 3.05) is 25.0 Å². The third kappa shape index (κ3) is 6.23. The van der Waals surface area contributed by atoms with Gasteiger partial charge < -0.3 is 10.2 Å². The van der Waals surface area contributed by atoms with Crippen LogP contribution in [0.1, 0.15) is 31.0 Å². The van der Waals surface area contributed by atoms with Gasteiger partial charge in [0.25, 0.3) is 0 Å². The molecule has 0 aliphatic rings.